The fraction of sp³-hybridized carbons (Fsp3) is 0.160. The van der Waals surface area contributed by atoms with Gasteiger partial charge < -0.3 is 5.32 Å². The van der Waals surface area contributed by atoms with E-state index in [0.29, 0.717) is 22.2 Å². The van der Waals surface area contributed by atoms with Crippen molar-refractivity contribution in [3.8, 4) is 23.1 Å². The second-order valence-corrected chi connectivity index (χ2v) is 8.53. The number of hydrogen-bond acceptors (Lipinski definition) is 6. The number of amides is 1. The van der Waals surface area contributed by atoms with Crippen molar-refractivity contribution in [2.24, 2.45) is 0 Å². The number of carbonyl (C=O) groups excluding carboxylic acids is 1. The summed E-state index contributed by atoms with van der Waals surface area (Å²) in [7, 11) is 0. The molecule has 0 fully saturated rings. The predicted octanol–water partition coefficient (Wildman–Crippen LogP) is 5.06. The van der Waals surface area contributed by atoms with E-state index in [1.54, 1.807) is 36.7 Å². The van der Waals surface area contributed by atoms with Gasteiger partial charge in [-0.2, -0.15) is 5.26 Å². The number of thioether (sulfide) groups is 1. The highest BCUT2D eigenvalue weighted by Crippen LogP contribution is 2.32. The summed E-state index contributed by atoms with van der Waals surface area (Å²) in [6.45, 7) is 4.28. The molecular formula is C25H22N6OS. The number of benzene rings is 2. The molecule has 0 aliphatic rings. The number of rotatable bonds is 7. The second-order valence-electron chi connectivity index (χ2n) is 7.59. The van der Waals surface area contributed by atoms with Crippen LogP contribution in [-0.2, 0) is 4.79 Å². The first-order chi connectivity index (χ1) is 16.1. The number of hydrogen-bond donors (Lipinski definition) is 1. The summed E-state index contributed by atoms with van der Waals surface area (Å²) in [5.41, 5.74) is 3.87. The number of nitrogens with zero attached hydrogens (tertiary/aromatic N) is 5. The highest BCUT2D eigenvalue weighted by molar-refractivity contribution is 7.99. The first-order valence-corrected chi connectivity index (χ1v) is 11.4. The molecule has 4 rings (SSSR count). The van der Waals surface area contributed by atoms with Crippen LogP contribution in [0.2, 0.25) is 0 Å². The molecule has 1 amide bonds. The Hall–Kier alpha value is -3.96. The van der Waals surface area contributed by atoms with E-state index in [0.717, 1.165) is 16.8 Å². The molecule has 0 saturated heterocycles. The van der Waals surface area contributed by atoms with Crippen LogP contribution in [0.25, 0.3) is 17.1 Å². The molecule has 0 aliphatic carbocycles. The van der Waals surface area contributed by atoms with Crippen molar-refractivity contribution in [3.05, 3.63) is 84.2 Å². The topological polar surface area (TPSA) is 96.5 Å². The van der Waals surface area contributed by atoms with Crippen molar-refractivity contribution in [1.82, 2.24) is 19.7 Å². The minimum Gasteiger partial charge on any atom is -0.324 e. The summed E-state index contributed by atoms with van der Waals surface area (Å²) in [5.74, 6) is 0.842. The zero-order chi connectivity index (χ0) is 23.2. The normalized spacial score (nSPS) is 10.7. The van der Waals surface area contributed by atoms with Crippen LogP contribution in [0.5, 0.6) is 0 Å². The van der Waals surface area contributed by atoms with Crippen molar-refractivity contribution in [1.29, 1.82) is 5.26 Å². The highest BCUT2D eigenvalue weighted by Gasteiger charge is 2.20. The van der Waals surface area contributed by atoms with Gasteiger partial charge in [-0.3, -0.25) is 14.3 Å². The summed E-state index contributed by atoms with van der Waals surface area (Å²) in [6, 6.07) is 20.9. The molecule has 0 unspecified atom stereocenters. The summed E-state index contributed by atoms with van der Waals surface area (Å²) in [4.78, 5) is 16.9. The van der Waals surface area contributed by atoms with Gasteiger partial charge in [0, 0.05) is 18.0 Å². The molecule has 0 atom stereocenters. The van der Waals surface area contributed by atoms with Gasteiger partial charge >= 0.3 is 0 Å². The van der Waals surface area contributed by atoms with Crippen molar-refractivity contribution >= 4 is 23.4 Å². The Morgan fingerprint density at radius 2 is 1.88 bits per heavy atom. The summed E-state index contributed by atoms with van der Waals surface area (Å²) in [6.07, 6.45) is 3.46. The first kappa shape index (κ1) is 22.2. The maximum Gasteiger partial charge on any atom is 0.234 e. The summed E-state index contributed by atoms with van der Waals surface area (Å²) in [5, 5.41) is 21.5. The van der Waals surface area contributed by atoms with Crippen LogP contribution in [0, 0.1) is 11.3 Å². The quantitative estimate of drug-likeness (QED) is 0.392. The second kappa shape index (κ2) is 10.1. The third kappa shape index (κ3) is 4.94. The minimum absolute atomic E-state index is 0.120. The third-order valence-corrected chi connectivity index (χ3v) is 5.94. The third-order valence-electron chi connectivity index (χ3n) is 5.01. The average molecular weight is 455 g/mol. The van der Waals surface area contributed by atoms with Gasteiger partial charge in [0.25, 0.3) is 0 Å². The predicted molar refractivity (Wildman–Crippen MR) is 129 cm³/mol. The monoisotopic (exact) mass is 454 g/mol. The molecule has 2 aromatic heterocycles. The molecule has 8 heteroatoms. The van der Waals surface area contributed by atoms with Crippen molar-refractivity contribution < 1.29 is 4.79 Å². The Kier molecular flexibility index (Phi) is 6.81. The molecule has 0 bridgehead atoms. The van der Waals surface area contributed by atoms with Crippen molar-refractivity contribution in [3.63, 3.8) is 0 Å². The van der Waals surface area contributed by atoms with E-state index >= 15 is 0 Å². The Morgan fingerprint density at radius 1 is 1.09 bits per heavy atom. The molecule has 0 aliphatic heterocycles. The maximum atomic E-state index is 12.6. The van der Waals surface area contributed by atoms with Gasteiger partial charge in [-0.1, -0.05) is 55.9 Å². The number of para-hydroxylation sites is 2. The van der Waals surface area contributed by atoms with Crippen molar-refractivity contribution in [2.45, 2.75) is 24.9 Å². The Balaban J connectivity index is 1.66. The van der Waals surface area contributed by atoms with Gasteiger partial charge in [0.2, 0.25) is 5.91 Å². The van der Waals surface area contributed by atoms with Crippen LogP contribution < -0.4 is 5.32 Å². The van der Waals surface area contributed by atoms with Crippen LogP contribution in [0.3, 0.4) is 0 Å². The SMILES string of the molecule is CC(C)c1ccccc1-n1c(SCC(=O)Nc2ccccc2C#N)nnc1-c1cccnc1. The van der Waals surface area contributed by atoms with Crippen LogP contribution in [0.1, 0.15) is 30.9 Å². The molecule has 2 heterocycles. The Morgan fingerprint density at radius 3 is 2.64 bits per heavy atom. The first-order valence-electron chi connectivity index (χ1n) is 10.5. The average Bonchev–Trinajstić information content (AvgIpc) is 3.27. The molecular weight excluding hydrogens is 432 g/mol. The smallest absolute Gasteiger partial charge is 0.234 e. The minimum atomic E-state index is -0.225. The highest BCUT2D eigenvalue weighted by atomic mass is 32.2. The van der Waals surface area contributed by atoms with Gasteiger partial charge in [0.05, 0.1) is 22.7 Å². The molecule has 4 aromatic rings. The van der Waals surface area contributed by atoms with E-state index < -0.39 is 0 Å². The lowest BCUT2D eigenvalue weighted by molar-refractivity contribution is -0.113. The summed E-state index contributed by atoms with van der Waals surface area (Å²) < 4.78 is 1.98. The van der Waals surface area contributed by atoms with Crippen LogP contribution in [0.15, 0.2) is 78.2 Å². The zero-order valence-corrected chi connectivity index (χ0v) is 19.1. The molecule has 33 heavy (non-hydrogen) atoms. The van der Waals surface area contributed by atoms with Crippen LogP contribution in [0.4, 0.5) is 5.69 Å². The van der Waals surface area contributed by atoms with Gasteiger partial charge in [0.1, 0.15) is 6.07 Å². The van der Waals surface area contributed by atoms with E-state index in [1.165, 1.54) is 11.8 Å². The molecule has 0 radical (unpaired) electrons. The van der Waals surface area contributed by atoms with Crippen LogP contribution in [-0.4, -0.2) is 31.4 Å². The molecule has 0 spiro atoms. The molecule has 0 saturated carbocycles. The summed E-state index contributed by atoms with van der Waals surface area (Å²) >= 11 is 1.29. The fourth-order valence-electron chi connectivity index (χ4n) is 3.45. The lowest BCUT2D eigenvalue weighted by Gasteiger charge is -2.16. The Labute approximate surface area is 196 Å². The van der Waals surface area contributed by atoms with Gasteiger partial charge in [0.15, 0.2) is 11.0 Å². The number of anilines is 1. The van der Waals surface area contributed by atoms with Gasteiger partial charge in [-0.25, -0.2) is 0 Å². The van der Waals surface area contributed by atoms with E-state index in [-0.39, 0.29) is 17.6 Å². The van der Waals surface area contributed by atoms with Crippen LogP contribution >= 0.6 is 11.8 Å². The number of nitrogens with one attached hydrogen (secondary N) is 1. The molecule has 164 valence electrons. The van der Waals surface area contributed by atoms with E-state index in [1.807, 2.05) is 34.9 Å². The van der Waals surface area contributed by atoms with Gasteiger partial charge in [-0.05, 0) is 41.8 Å². The molecule has 1 N–H and O–H groups in total. The number of nitriles is 1. The molecule has 7 nitrogen and oxygen atoms in total. The lowest BCUT2D eigenvalue weighted by atomic mass is 10.0. The van der Waals surface area contributed by atoms with Gasteiger partial charge in [-0.15, -0.1) is 10.2 Å². The Bertz CT molecular complexity index is 1310. The van der Waals surface area contributed by atoms with E-state index in [9.17, 15) is 10.1 Å². The number of pyridine rings is 1. The molecule has 2 aromatic carbocycles. The van der Waals surface area contributed by atoms with E-state index in [2.05, 4.69) is 46.5 Å². The van der Waals surface area contributed by atoms with Crippen molar-refractivity contribution in [2.75, 3.05) is 11.1 Å². The fourth-order valence-corrected chi connectivity index (χ4v) is 4.19. The number of carbonyl (C=O) groups is 1. The largest absolute Gasteiger partial charge is 0.324 e. The standard InChI is InChI=1S/C25H22N6OS/c1-17(2)20-10-4-6-12-22(20)31-24(19-9-7-13-27-15-19)29-30-25(31)33-16-23(32)28-21-11-5-3-8-18(21)14-26/h3-13,15,17H,16H2,1-2H3,(H,28,32). The van der Waals surface area contributed by atoms with E-state index in [4.69, 9.17) is 0 Å². The lowest BCUT2D eigenvalue weighted by Crippen LogP contribution is -2.15. The number of aromatic nitrogens is 4. The zero-order valence-electron chi connectivity index (χ0n) is 18.3. The maximum absolute atomic E-state index is 12.6.